The minimum atomic E-state index is -0.777. The number of piperidine rings is 1. The summed E-state index contributed by atoms with van der Waals surface area (Å²) >= 11 is 0. The molecule has 1 aromatic carbocycles. The third kappa shape index (κ3) is 3.40. The standard InChI is InChI=1S/C16H18N2O3/c1-21-16(20)13-7-9-18(10-8-13)15(19)14(11-17)12-5-3-2-4-6-12/h2-6,13-14H,7-10H2,1H3. The second-order valence-corrected chi connectivity index (χ2v) is 5.10. The van der Waals surface area contributed by atoms with Crippen LogP contribution < -0.4 is 0 Å². The molecule has 1 amide bonds. The molecule has 0 radical (unpaired) electrons. The summed E-state index contributed by atoms with van der Waals surface area (Å²) in [6.07, 6.45) is 1.18. The number of carbonyl (C=O) groups is 2. The molecule has 1 aliphatic rings. The van der Waals surface area contributed by atoms with Gasteiger partial charge in [-0.25, -0.2) is 0 Å². The second kappa shape index (κ2) is 6.89. The molecular formula is C16H18N2O3. The molecule has 110 valence electrons. The number of hydrogen-bond acceptors (Lipinski definition) is 4. The van der Waals surface area contributed by atoms with E-state index in [4.69, 9.17) is 4.74 Å². The fraction of sp³-hybridized carbons (Fsp3) is 0.438. The number of hydrogen-bond donors (Lipinski definition) is 0. The van der Waals surface area contributed by atoms with E-state index < -0.39 is 5.92 Å². The van der Waals surface area contributed by atoms with Gasteiger partial charge in [0, 0.05) is 13.1 Å². The summed E-state index contributed by atoms with van der Waals surface area (Å²) in [6, 6.07) is 11.1. The highest BCUT2D eigenvalue weighted by molar-refractivity contribution is 5.86. The molecule has 0 aliphatic carbocycles. The quantitative estimate of drug-likeness (QED) is 0.793. The number of carbonyl (C=O) groups excluding carboxylic acids is 2. The second-order valence-electron chi connectivity index (χ2n) is 5.10. The zero-order valence-corrected chi connectivity index (χ0v) is 12.0. The van der Waals surface area contributed by atoms with E-state index in [1.54, 1.807) is 17.0 Å². The van der Waals surface area contributed by atoms with Gasteiger partial charge in [0.05, 0.1) is 19.1 Å². The lowest BCUT2D eigenvalue weighted by atomic mass is 9.94. The van der Waals surface area contributed by atoms with Gasteiger partial charge in [-0.3, -0.25) is 9.59 Å². The van der Waals surface area contributed by atoms with Crippen molar-refractivity contribution in [2.75, 3.05) is 20.2 Å². The Bertz CT molecular complexity index is 542. The zero-order chi connectivity index (χ0) is 15.2. The molecule has 0 spiro atoms. The van der Waals surface area contributed by atoms with Crippen LogP contribution in [-0.4, -0.2) is 37.0 Å². The first-order valence-electron chi connectivity index (χ1n) is 6.98. The number of rotatable bonds is 3. The van der Waals surface area contributed by atoms with E-state index in [1.807, 2.05) is 18.2 Å². The van der Waals surface area contributed by atoms with Gasteiger partial charge in [0.15, 0.2) is 0 Å². The summed E-state index contributed by atoms with van der Waals surface area (Å²) in [5, 5.41) is 9.29. The van der Waals surface area contributed by atoms with Crippen molar-refractivity contribution in [2.45, 2.75) is 18.8 Å². The Morgan fingerprint density at radius 2 is 1.90 bits per heavy atom. The Balaban J connectivity index is 2.01. The SMILES string of the molecule is COC(=O)C1CCN(C(=O)C(C#N)c2ccccc2)CC1. The third-order valence-electron chi connectivity index (χ3n) is 3.85. The lowest BCUT2D eigenvalue weighted by Gasteiger charge is -2.31. The topological polar surface area (TPSA) is 70.4 Å². The molecule has 1 saturated heterocycles. The normalized spacial score (nSPS) is 16.9. The maximum atomic E-state index is 12.5. The molecule has 0 aromatic heterocycles. The van der Waals surface area contributed by atoms with Crippen LogP contribution in [0.15, 0.2) is 30.3 Å². The first-order chi connectivity index (χ1) is 10.2. The Morgan fingerprint density at radius 3 is 2.43 bits per heavy atom. The number of amides is 1. The number of likely N-dealkylation sites (tertiary alicyclic amines) is 1. The molecule has 1 aromatic rings. The van der Waals surface area contributed by atoms with Crippen molar-refractivity contribution in [3.63, 3.8) is 0 Å². The number of nitriles is 1. The van der Waals surface area contributed by atoms with Crippen molar-refractivity contribution < 1.29 is 14.3 Å². The predicted molar refractivity (Wildman–Crippen MR) is 76.1 cm³/mol. The molecule has 0 saturated carbocycles. The van der Waals surface area contributed by atoms with Crippen LogP contribution >= 0.6 is 0 Å². The lowest BCUT2D eigenvalue weighted by Crippen LogP contribution is -2.42. The molecule has 0 bridgehead atoms. The summed E-state index contributed by atoms with van der Waals surface area (Å²) in [5.74, 6) is -1.33. The van der Waals surface area contributed by atoms with Crippen molar-refractivity contribution >= 4 is 11.9 Å². The summed E-state index contributed by atoms with van der Waals surface area (Å²) in [6.45, 7) is 0.979. The summed E-state index contributed by atoms with van der Waals surface area (Å²) in [4.78, 5) is 25.6. The van der Waals surface area contributed by atoms with E-state index >= 15 is 0 Å². The highest BCUT2D eigenvalue weighted by Gasteiger charge is 2.31. The van der Waals surface area contributed by atoms with Crippen molar-refractivity contribution in [2.24, 2.45) is 5.92 Å². The Hall–Kier alpha value is -2.35. The Labute approximate surface area is 124 Å². The highest BCUT2D eigenvalue weighted by Crippen LogP contribution is 2.23. The van der Waals surface area contributed by atoms with Crippen molar-refractivity contribution in [3.8, 4) is 6.07 Å². The molecule has 21 heavy (non-hydrogen) atoms. The van der Waals surface area contributed by atoms with Gasteiger partial charge < -0.3 is 9.64 Å². The van der Waals surface area contributed by atoms with Crippen LogP contribution in [-0.2, 0) is 14.3 Å². The van der Waals surface area contributed by atoms with Crippen LogP contribution in [0, 0.1) is 17.2 Å². The van der Waals surface area contributed by atoms with Crippen LogP contribution in [0.1, 0.15) is 24.3 Å². The first-order valence-corrected chi connectivity index (χ1v) is 6.98. The molecule has 1 heterocycles. The third-order valence-corrected chi connectivity index (χ3v) is 3.85. The molecule has 5 heteroatoms. The van der Waals surface area contributed by atoms with Crippen LogP contribution in [0.2, 0.25) is 0 Å². The van der Waals surface area contributed by atoms with Gasteiger partial charge in [0.2, 0.25) is 5.91 Å². The van der Waals surface area contributed by atoms with Crippen LogP contribution in [0.4, 0.5) is 0 Å². The molecule has 0 N–H and O–H groups in total. The van der Waals surface area contributed by atoms with Crippen molar-refractivity contribution in [3.05, 3.63) is 35.9 Å². The molecular weight excluding hydrogens is 268 g/mol. The Kier molecular flexibility index (Phi) is 4.94. The lowest BCUT2D eigenvalue weighted by molar-refractivity contribution is -0.149. The van der Waals surface area contributed by atoms with Crippen LogP contribution in [0.3, 0.4) is 0 Å². The summed E-state index contributed by atoms with van der Waals surface area (Å²) in [7, 11) is 1.38. The predicted octanol–water partition coefficient (Wildman–Crippen LogP) is 1.71. The maximum absolute atomic E-state index is 12.5. The van der Waals surface area contributed by atoms with Gasteiger partial charge in [-0.1, -0.05) is 30.3 Å². The van der Waals surface area contributed by atoms with Crippen LogP contribution in [0.25, 0.3) is 0 Å². The van der Waals surface area contributed by atoms with E-state index in [0.29, 0.717) is 31.5 Å². The van der Waals surface area contributed by atoms with E-state index in [1.165, 1.54) is 7.11 Å². The first kappa shape index (κ1) is 15.0. The number of esters is 1. The minimum Gasteiger partial charge on any atom is -0.469 e. The monoisotopic (exact) mass is 286 g/mol. The van der Waals surface area contributed by atoms with E-state index in [9.17, 15) is 14.9 Å². The van der Waals surface area contributed by atoms with Gasteiger partial charge in [-0.05, 0) is 18.4 Å². The number of methoxy groups -OCH3 is 1. The number of nitrogens with zero attached hydrogens (tertiary/aromatic N) is 2. The molecule has 1 aliphatic heterocycles. The van der Waals surface area contributed by atoms with E-state index in [2.05, 4.69) is 6.07 Å². The summed E-state index contributed by atoms with van der Waals surface area (Å²) < 4.78 is 4.73. The maximum Gasteiger partial charge on any atom is 0.308 e. The molecule has 2 rings (SSSR count). The van der Waals surface area contributed by atoms with Crippen molar-refractivity contribution in [1.29, 1.82) is 5.26 Å². The zero-order valence-electron chi connectivity index (χ0n) is 12.0. The largest absolute Gasteiger partial charge is 0.469 e. The molecule has 5 nitrogen and oxygen atoms in total. The average Bonchev–Trinajstić information content (AvgIpc) is 2.56. The summed E-state index contributed by atoms with van der Waals surface area (Å²) in [5.41, 5.74) is 0.708. The van der Waals surface area contributed by atoms with Gasteiger partial charge in [0.1, 0.15) is 5.92 Å². The van der Waals surface area contributed by atoms with Gasteiger partial charge in [-0.2, -0.15) is 5.26 Å². The fourth-order valence-corrected chi connectivity index (χ4v) is 2.60. The molecule has 1 atom stereocenters. The van der Waals surface area contributed by atoms with E-state index in [-0.39, 0.29) is 17.8 Å². The smallest absolute Gasteiger partial charge is 0.308 e. The fourth-order valence-electron chi connectivity index (χ4n) is 2.60. The Morgan fingerprint density at radius 1 is 1.29 bits per heavy atom. The minimum absolute atomic E-state index is 0.142. The molecule has 1 fully saturated rings. The van der Waals surface area contributed by atoms with Crippen LogP contribution in [0.5, 0.6) is 0 Å². The molecule has 1 unspecified atom stereocenters. The van der Waals surface area contributed by atoms with Gasteiger partial charge in [0.25, 0.3) is 0 Å². The van der Waals surface area contributed by atoms with E-state index in [0.717, 1.165) is 0 Å². The average molecular weight is 286 g/mol. The number of ether oxygens (including phenoxy) is 1. The van der Waals surface area contributed by atoms with Crippen molar-refractivity contribution in [1.82, 2.24) is 4.90 Å². The highest BCUT2D eigenvalue weighted by atomic mass is 16.5. The van der Waals surface area contributed by atoms with Gasteiger partial charge in [-0.15, -0.1) is 0 Å². The van der Waals surface area contributed by atoms with Gasteiger partial charge >= 0.3 is 5.97 Å². The number of benzene rings is 1.